The molecule has 0 aliphatic carbocycles. The van der Waals surface area contributed by atoms with E-state index in [0.717, 1.165) is 22.4 Å². The Balaban J connectivity index is 2.13. The van der Waals surface area contributed by atoms with Gasteiger partial charge in [0.05, 0.1) is 5.69 Å². The molecular formula is C17H12Cl2N2. The number of nitrogens with zero attached hydrogens (tertiary/aromatic N) is 2. The minimum absolute atomic E-state index is 0.424. The van der Waals surface area contributed by atoms with Crippen molar-refractivity contribution in [3.63, 3.8) is 0 Å². The highest BCUT2D eigenvalue weighted by atomic mass is 35.5. The third kappa shape index (κ3) is 3.07. The first-order chi connectivity index (χ1) is 10.1. The van der Waals surface area contributed by atoms with Crippen molar-refractivity contribution in [1.29, 1.82) is 0 Å². The summed E-state index contributed by atoms with van der Waals surface area (Å²) in [4.78, 5) is 8.93. The number of benzene rings is 2. The van der Waals surface area contributed by atoms with Gasteiger partial charge in [-0.1, -0.05) is 47.5 Å². The molecule has 3 rings (SSSR count). The van der Waals surface area contributed by atoms with E-state index in [1.807, 2.05) is 55.5 Å². The first-order valence-electron chi connectivity index (χ1n) is 6.50. The van der Waals surface area contributed by atoms with Crippen LogP contribution in [0.1, 0.15) is 5.56 Å². The minimum atomic E-state index is 0.424. The zero-order chi connectivity index (χ0) is 14.8. The number of halogens is 2. The summed E-state index contributed by atoms with van der Waals surface area (Å²) in [6.07, 6.45) is 0. The predicted molar refractivity (Wildman–Crippen MR) is 87.7 cm³/mol. The van der Waals surface area contributed by atoms with Gasteiger partial charge in [0.25, 0.3) is 0 Å². The number of hydrogen-bond acceptors (Lipinski definition) is 2. The first kappa shape index (κ1) is 14.1. The molecule has 0 aliphatic heterocycles. The molecule has 0 spiro atoms. The van der Waals surface area contributed by atoms with E-state index < -0.39 is 0 Å². The molecular weight excluding hydrogens is 303 g/mol. The fraction of sp³-hybridized carbons (Fsp3) is 0.0588. The monoisotopic (exact) mass is 314 g/mol. The van der Waals surface area contributed by atoms with Crippen LogP contribution in [0.25, 0.3) is 22.6 Å². The molecule has 3 aromatic rings. The smallest absolute Gasteiger partial charge is 0.161 e. The summed E-state index contributed by atoms with van der Waals surface area (Å²) in [5, 5.41) is 1.10. The van der Waals surface area contributed by atoms with Gasteiger partial charge < -0.3 is 0 Å². The maximum absolute atomic E-state index is 6.16. The lowest BCUT2D eigenvalue weighted by atomic mass is 10.1. The van der Waals surface area contributed by atoms with Gasteiger partial charge in [0.1, 0.15) is 5.15 Å². The molecule has 0 bridgehead atoms. The highest BCUT2D eigenvalue weighted by Gasteiger charge is 2.09. The third-order valence-corrected chi connectivity index (χ3v) is 3.66. The van der Waals surface area contributed by atoms with E-state index in [2.05, 4.69) is 9.97 Å². The Morgan fingerprint density at radius 3 is 2.29 bits per heavy atom. The molecule has 0 saturated carbocycles. The molecule has 4 heteroatoms. The summed E-state index contributed by atoms with van der Waals surface area (Å²) in [7, 11) is 0. The Hall–Kier alpha value is -1.90. The van der Waals surface area contributed by atoms with Crippen LogP contribution in [0.15, 0.2) is 54.6 Å². The van der Waals surface area contributed by atoms with Gasteiger partial charge in [0, 0.05) is 22.2 Å². The summed E-state index contributed by atoms with van der Waals surface area (Å²) in [5.41, 5.74) is 3.90. The van der Waals surface area contributed by atoms with E-state index in [4.69, 9.17) is 23.2 Å². The van der Waals surface area contributed by atoms with Crippen molar-refractivity contribution in [3.05, 3.63) is 70.3 Å². The zero-order valence-electron chi connectivity index (χ0n) is 11.3. The Kier molecular flexibility index (Phi) is 3.91. The Morgan fingerprint density at radius 2 is 1.57 bits per heavy atom. The van der Waals surface area contributed by atoms with E-state index in [9.17, 15) is 0 Å². The summed E-state index contributed by atoms with van der Waals surface area (Å²) in [6, 6.07) is 17.2. The van der Waals surface area contributed by atoms with Crippen molar-refractivity contribution in [2.45, 2.75) is 6.92 Å². The molecule has 2 aromatic carbocycles. The van der Waals surface area contributed by atoms with Crippen molar-refractivity contribution in [2.75, 3.05) is 0 Å². The maximum Gasteiger partial charge on any atom is 0.161 e. The lowest BCUT2D eigenvalue weighted by molar-refractivity contribution is 1.18. The van der Waals surface area contributed by atoms with Gasteiger partial charge in [0.2, 0.25) is 0 Å². The molecule has 0 aliphatic rings. The van der Waals surface area contributed by atoms with Crippen molar-refractivity contribution in [2.24, 2.45) is 0 Å². The second-order valence-electron chi connectivity index (χ2n) is 4.72. The molecule has 0 radical (unpaired) electrons. The zero-order valence-corrected chi connectivity index (χ0v) is 12.9. The second-order valence-corrected chi connectivity index (χ2v) is 5.55. The van der Waals surface area contributed by atoms with Crippen molar-refractivity contribution >= 4 is 23.2 Å². The van der Waals surface area contributed by atoms with Crippen LogP contribution in [0.2, 0.25) is 10.2 Å². The molecule has 0 saturated heterocycles. The van der Waals surface area contributed by atoms with Crippen LogP contribution in [0, 0.1) is 6.92 Å². The molecule has 1 heterocycles. The third-order valence-electron chi connectivity index (χ3n) is 3.22. The van der Waals surface area contributed by atoms with Gasteiger partial charge in [0.15, 0.2) is 5.82 Å². The van der Waals surface area contributed by atoms with E-state index in [0.29, 0.717) is 16.0 Å². The molecule has 21 heavy (non-hydrogen) atoms. The standard InChI is InChI=1S/C17H12Cl2N2/c1-11-4-2-3-5-14(11)15-10-16(19)21-17(20-15)12-6-8-13(18)9-7-12/h2-10H,1H3. The molecule has 104 valence electrons. The highest BCUT2D eigenvalue weighted by Crippen LogP contribution is 2.27. The van der Waals surface area contributed by atoms with Gasteiger partial charge >= 0.3 is 0 Å². The van der Waals surface area contributed by atoms with Crippen molar-refractivity contribution in [3.8, 4) is 22.6 Å². The van der Waals surface area contributed by atoms with Crippen LogP contribution in [0.4, 0.5) is 0 Å². The Bertz CT molecular complexity index is 783. The van der Waals surface area contributed by atoms with Crippen LogP contribution in [0.5, 0.6) is 0 Å². The van der Waals surface area contributed by atoms with E-state index in [1.54, 1.807) is 6.07 Å². The number of aryl methyl sites for hydroxylation is 1. The lowest BCUT2D eigenvalue weighted by Gasteiger charge is -2.08. The van der Waals surface area contributed by atoms with Gasteiger partial charge in [-0.2, -0.15) is 0 Å². The van der Waals surface area contributed by atoms with E-state index >= 15 is 0 Å². The van der Waals surface area contributed by atoms with Crippen LogP contribution < -0.4 is 0 Å². The average molecular weight is 315 g/mol. The summed E-state index contributed by atoms with van der Waals surface area (Å²) in [6.45, 7) is 2.05. The summed E-state index contributed by atoms with van der Waals surface area (Å²) < 4.78 is 0. The van der Waals surface area contributed by atoms with E-state index in [1.165, 1.54) is 0 Å². The molecule has 0 N–H and O–H groups in total. The van der Waals surface area contributed by atoms with Crippen LogP contribution in [-0.4, -0.2) is 9.97 Å². The van der Waals surface area contributed by atoms with Gasteiger partial charge in [-0.3, -0.25) is 0 Å². The van der Waals surface area contributed by atoms with Gasteiger partial charge in [-0.15, -0.1) is 0 Å². The second kappa shape index (κ2) is 5.84. The van der Waals surface area contributed by atoms with Crippen LogP contribution >= 0.6 is 23.2 Å². The molecule has 2 nitrogen and oxygen atoms in total. The quantitative estimate of drug-likeness (QED) is 0.590. The molecule has 0 fully saturated rings. The Morgan fingerprint density at radius 1 is 0.857 bits per heavy atom. The average Bonchev–Trinajstić information content (AvgIpc) is 2.48. The number of aromatic nitrogens is 2. The van der Waals surface area contributed by atoms with Crippen molar-refractivity contribution < 1.29 is 0 Å². The van der Waals surface area contributed by atoms with Crippen LogP contribution in [0.3, 0.4) is 0 Å². The molecule has 0 amide bonds. The normalized spacial score (nSPS) is 10.6. The Labute approximate surface area is 133 Å². The first-order valence-corrected chi connectivity index (χ1v) is 7.25. The van der Waals surface area contributed by atoms with Crippen LogP contribution in [-0.2, 0) is 0 Å². The van der Waals surface area contributed by atoms with E-state index in [-0.39, 0.29) is 0 Å². The summed E-state index contributed by atoms with van der Waals surface area (Å²) >= 11 is 12.1. The van der Waals surface area contributed by atoms with Crippen molar-refractivity contribution in [1.82, 2.24) is 9.97 Å². The highest BCUT2D eigenvalue weighted by molar-refractivity contribution is 6.30. The molecule has 1 aromatic heterocycles. The van der Waals surface area contributed by atoms with Gasteiger partial charge in [-0.25, -0.2) is 9.97 Å². The topological polar surface area (TPSA) is 25.8 Å². The SMILES string of the molecule is Cc1ccccc1-c1cc(Cl)nc(-c2ccc(Cl)cc2)n1. The maximum atomic E-state index is 6.16. The minimum Gasteiger partial charge on any atom is -0.228 e. The largest absolute Gasteiger partial charge is 0.228 e. The molecule has 0 atom stereocenters. The fourth-order valence-electron chi connectivity index (χ4n) is 2.14. The molecule has 0 unspecified atom stereocenters. The predicted octanol–water partition coefficient (Wildman–Crippen LogP) is 5.43. The van der Waals surface area contributed by atoms with Gasteiger partial charge in [-0.05, 0) is 36.8 Å². The lowest BCUT2D eigenvalue weighted by Crippen LogP contribution is -1.94. The number of hydrogen-bond donors (Lipinski definition) is 0. The summed E-state index contributed by atoms with van der Waals surface area (Å²) in [5.74, 6) is 0.595. The number of rotatable bonds is 2. The fourth-order valence-corrected chi connectivity index (χ4v) is 2.45.